The van der Waals surface area contributed by atoms with Crippen LogP contribution in [0.1, 0.15) is 6.92 Å². The number of carbonyl (C=O) groups excluding carboxylic acids is 2. The molecule has 2 amide bonds. The van der Waals surface area contributed by atoms with E-state index in [1.807, 2.05) is 0 Å². The van der Waals surface area contributed by atoms with Gasteiger partial charge in [-0.2, -0.15) is 0 Å². The minimum atomic E-state index is -0.384. The molecule has 0 spiro atoms. The van der Waals surface area contributed by atoms with Crippen molar-refractivity contribution in [3.63, 3.8) is 0 Å². The summed E-state index contributed by atoms with van der Waals surface area (Å²) in [5.74, 6) is -0.103. The van der Waals surface area contributed by atoms with Crippen LogP contribution in [0.15, 0.2) is 0 Å². The van der Waals surface area contributed by atoms with E-state index in [-0.39, 0.29) is 11.1 Å². The van der Waals surface area contributed by atoms with Crippen molar-refractivity contribution in [2.45, 2.75) is 6.92 Å². The fraction of sp³-hybridized carbons (Fsp3) is 0.600. The standard InChI is InChI=1S/C5H10N2O2S/c1-4(8)6-2-3-7-5(9)10/h2-3H2,1H3,(H,6,8)(H2,7,9,10). The van der Waals surface area contributed by atoms with Gasteiger partial charge in [-0.1, -0.05) is 12.6 Å². The molecule has 4 nitrogen and oxygen atoms in total. The molecule has 0 aromatic rings. The second-order valence-electron chi connectivity index (χ2n) is 1.71. The van der Waals surface area contributed by atoms with Crippen LogP contribution in [0.3, 0.4) is 0 Å². The Kier molecular flexibility index (Phi) is 4.74. The van der Waals surface area contributed by atoms with Crippen LogP contribution in [0.4, 0.5) is 4.79 Å². The van der Waals surface area contributed by atoms with Crippen molar-refractivity contribution in [2.75, 3.05) is 13.1 Å². The van der Waals surface area contributed by atoms with Gasteiger partial charge < -0.3 is 10.6 Å². The number of amides is 2. The smallest absolute Gasteiger partial charge is 0.276 e. The zero-order valence-electron chi connectivity index (χ0n) is 5.68. The molecule has 5 heteroatoms. The molecule has 0 aromatic heterocycles. The summed E-state index contributed by atoms with van der Waals surface area (Å²) >= 11 is 3.46. The Bertz CT molecular complexity index is 122. The lowest BCUT2D eigenvalue weighted by Gasteiger charge is -2.00. The first-order valence-electron chi connectivity index (χ1n) is 2.84. The largest absolute Gasteiger partial charge is 0.355 e. The van der Waals surface area contributed by atoms with Gasteiger partial charge in [0.15, 0.2) is 0 Å². The van der Waals surface area contributed by atoms with E-state index in [9.17, 15) is 9.59 Å². The van der Waals surface area contributed by atoms with Gasteiger partial charge in [-0.3, -0.25) is 9.59 Å². The predicted octanol–water partition coefficient (Wildman–Crippen LogP) is -0.238. The number of nitrogens with one attached hydrogen (secondary N) is 2. The summed E-state index contributed by atoms with van der Waals surface area (Å²) in [6.45, 7) is 2.28. The molecule has 0 saturated heterocycles. The number of carbonyl (C=O) groups is 2. The van der Waals surface area contributed by atoms with Crippen LogP contribution in [-0.4, -0.2) is 24.2 Å². The maximum absolute atomic E-state index is 10.2. The van der Waals surface area contributed by atoms with Crippen LogP contribution >= 0.6 is 12.6 Å². The van der Waals surface area contributed by atoms with Gasteiger partial charge in [-0.25, -0.2) is 0 Å². The second kappa shape index (κ2) is 5.10. The van der Waals surface area contributed by atoms with Crippen LogP contribution in [0, 0.1) is 0 Å². The van der Waals surface area contributed by atoms with Gasteiger partial charge in [0, 0.05) is 20.0 Å². The van der Waals surface area contributed by atoms with E-state index in [2.05, 4.69) is 23.3 Å². The van der Waals surface area contributed by atoms with E-state index in [1.54, 1.807) is 0 Å². The number of hydrogen-bond donors (Lipinski definition) is 3. The lowest BCUT2D eigenvalue weighted by Crippen LogP contribution is -2.31. The molecule has 0 bridgehead atoms. The molecule has 10 heavy (non-hydrogen) atoms. The van der Waals surface area contributed by atoms with Crippen molar-refractivity contribution in [3.8, 4) is 0 Å². The number of thiol groups is 1. The Morgan fingerprint density at radius 2 is 1.80 bits per heavy atom. The van der Waals surface area contributed by atoms with Crippen molar-refractivity contribution < 1.29 is 9.59 Å². The molecule has 0 atom stereocenters. The highest BCUT2D eigenvalue weighted by Gasteiger charge is 1.91. The van der Waals surface area contributed by atoms with Gasteiger partial charge in [-0.05, 0) is 0 Å². The normalized spacial score (nSPS) is 8.60. The monoisotopic (exact) mass is 162 g/mol. The maximum atomic E-state index is 10.2. The summed E-state index contributed by atoms with van der Waals surface area (Å²) in [6, 6.07) is 0. The van der Waals surface area contributed by atoms with E-state index >= 15 is 0 Å². The first-order valence-corrected chi connectivity index (χ1v) is 3.29. The van der Waals surface area contributed by atoms with E-state index in [0.717, 1.165) is 0 Å². The molecule has 0 aliphatic heterocycles. The molecule has 58 valence electrons. The van der Waals surface area contributed by atoms with E-state index in [0.29, 0.717) is 13.1 Å². The van der Waals surface area contributed by atoms with Gasteiger partial charge in [0.05, 0.1) is 0 Å². The van der Waals surface area contributed by atoms with Crippen LogP contribution < -0.4 is 10.6 Å². The molecule has 0 aliphatic rings. The van der Waals surface area contributed by atoms with Gasteiger partial charge in [0.1, 0.15) is 0 Å². The summed E-state index contributed by atoms with van der Waals surface area (Å²) in [4.78, 5) is 20.4. The molecule has 0 fully saturated rings. The Morgan fingerprint density at radius 3 is 2.20 bits per heavy atom. The summed E-state index contributed by atoms with van der Waals surface area (Å²) < 4.78 is 0. The topological polar surface area (TPSA) is 58.2 Å². The average molecular weight is 162 g/mol. The minimum absolute atomic E-state index is 0.103. The molecule has 0 aliphatic carbocycles. The van der Waals surface area contributed by atoms with Crippen molar-refractivity contribution >= 4 is 23.8 Å². The van der Waals surface area contributed by atoms with E-state index in [1.165, 1.54) is 6.92 Å². The molecule has 0 saturated carbocycles. The Balaban J connectivity index is 3.06. The van der Waals surface area contributed by atoms with E-state index < -0.39 is 0 Å². The van der Waals surface area contributed by atoms with Crippen molar-refractivity contribution in [1.29, 1.82) is 0 Å². The summed E-state index contributed by atoms with van der Waals surface area (Å²) in [5, 5.41) is 4.54. The quantitative estimate of drug-likeness (QED) is 0.396. The maximum Gasteiger partial charge on any atom is 0.276 e. The molecule has 0 unspecified atom stereocenters. The van der Waals surface area contributed by atoms with Crippen molar-refractivity contribution in [1.82, 2.24) is 10.6 Å². The van der Waals surface area contributed by atoms with Crippen molar-refractivity contribution in [2.24, 2.45) is 0 Å². The first-order chi connectivity index (χ1) is 4.63. The summed E-state index contributed by atoms with van der Waals surface area (Å²) in [7, 11) is 0. The zero-order valence-corrected chi connectivity index (χ0v) is 6.57. The average Bonchev–Trinajstić information content (AvgIpc) is 1.79. The van der Waals surface area contributed by atoms with Crippen LogP contribution in [0.25, 0.3) is 0 Å². The summed E-state index contributed by atoms with van der Waals surface area (Å²) in [5.41, 5.74) is 0. The van der Waals surface area contributed by atoms with Crippen molar-refractivity contribution in [3.05, 3.63) is 0 Å². The highest BCUT2D eigenvalue weighted by molar-refractivity contribution is 7.96. The predicted molar refractivity (Wildman–Crippen MR) is 41.1 cm³/mol. The molecule has 0 heterocycles. The Morgan fingerprint density at radius 1 is 1.30 bits per heavy atom. The SMILES string of the molecule is CC(=O)NCCNC(=O)S. The molecule has 0 aromatic carbocycles. The molecule has 0 rings (SSSR count). The van der Waals surface area contributed by atoms with E-state index in [4.69, 9.17) is 0 Å². The third-order valence-electron chi connectivity index (χ3n) is 0.775. The lowest BCUT2D eigenvalue weighted by molar-refractivity contribution is -0.118. The number of rotatable bonds is 3. The third-order valence-corrected chi connectivity index (χ3v) is 0.933. The Hall–Kier alpha value is -0.710. The second-order valence-corrected chi connectivity index (χ2v) is 2.12. The minimum Gasteiger partial charge on any atom is -0.355 e. The fourth-order valence-corrected chi connectivity index (χ4v) is 0.520. The van der Waals surface area contributed by atoms with Crippen LogP contribution in [0.2, 0.25) is 0 Å². The van der Waals surface area contributed by atoms with Gasteiger partial charge in [0.25, 0.3) is 5.24 Å². The highest BCUT2D eigenvalue weighted by Crippen LogP contribution is 1.72. The molecule has 2 N–H and O–H groups in total. The van der Waals surface area contributed by atoms with Gasteiger partial charge in [0.2, 0.25) is 5.91 Å². The Labute approximate surface area is 64.8 Å². The molecular weight excluding hydrogens is 152 g/mol. The van der Waals surface area contributed by atoms with Gasteiger partial charge in [-0.15, -0.1) is 0 Å². The fourth-order valence-electron chi connectivity index (χ4n) is 0.408. The summed E-state index contributed by atoms with van der Waals surface area (Å²) in [6.07, 6.45) is 0. The zero-order chi connectivity index (χ0) is 7.98. The molecule has 0 radical (unpaired) electrons. The van der Waals surface area contributed by atoms with Crippen LogP contribution in [0.5, 0.6) is 0 Å². The van der Waals surface area contributed by atoms with Gasteiger partial charge >= 0.3 is 0 Å². The lowest BCUT2D eigenvalue weighted by atomic mass is 10.6. The highest BCUT2D eigenvalue weighted by atomic mass is 32.1. The van der Waals surface area contributed by atoms with Crippen LogP contribution in [-0.2, 0) is 4.79 Å². The number of hydrogen-bond acceptors (Lipinski definition) is 2. The first kappa shape index (κ1) is 9.29. The molecular formula is C5H10N2O2S. The third kappa shape index (κ3) is 7.29.